The highest BCUT2D eigenvalue weighted by atomic mass is 28.3. The molecule has 11 heteroatoms. The lowest BCUT2D eigenvalue weighted by molar-refractivity contribution is -0.188. The van der Waals surface area contributed by atoms with Gasteiger partial charge in [-0.3, -0.25) is 9.59 Å². The lowest BCUT2D eigenvalue weighted by atomic mass is 9.85. The molecule has 3 aromatic rings. The summed E-state index contributed by atoms with van der Waals surface area (Å²) in [5.41, 5.74) is 0.807. The number of fused-ring (bicyclic) bond motifs is 5. The summed E-state index contributed by atoms with van der Waals surface area (Å²) in [6.45, 7) is 13.3. The molecule has 4 heterocycles. The van der Waals surface area contributed by atoms with Gasteiger partial charge in [0.2, 0.25) is 5.60 Å². The molecule has 0 bridgehead atoms. The summed E-state index contributed by atoms with van der Waals surface area (Å²) in [5, 5.41) is 4.74. The molecule has 10 nitrogen and oxygen atoms in total. The first-order valence-electron chi connectivity index (χ1n) is 14.3. The number of alkyl carbamates (subject to hydrolysis) is 1. The van der Waals surface area contributed by atoms with Crippen molar-refractivity contribution in [2.24, 2.45) is 0 Å². The summed E-state index contributed by atoms with van der Waals surface area (Å²) >= 11 is 0. The molecular weight excluding hydrogens is 554 g/mol. The fraction of sp³-hybridized carbons (Fsp3) is 0.452. The van der Waals surface area contributed by atoms with Crippen LogP contribution in [0.1, 0.15) is 57.7 Å². The van der Waals surface area contributed by atoms with E-state index in [1.807, 2.05) is 18.2 Å². The second-order valence-corrected chi connectivity index (χ2v) is 17.4. The van der Waals surface area contributed by atoms with E-state index in [4.69, 9.17) is 19.2 Å². The van der Waals surface area contributed by atoms with Crippen LogP contribution in [0.25, 0.3) is 22.3 Å². The van der Waals surface area contributed by atoms with Gasteiger partial charge in [-0.15, -0.1) is 0 Å². The number of para-hydroxylation sites is 1. The molecule has 1 N–H and O–H groups in total. The van der Waals surface area contributed by atoms with E-state index >= 15 is 0 Å². The van der Waals surface area contributed by atoms with E-state index < -0.39 is 43.9 Å². The van der Waals surface area contributed by atoms with Crippen molar-refractivity contribution in [3.8, 4) is 11.4 Å². The van der Waals surface area contributed by atoms with Crippen LogP contribution in [0.15, 0.2) is 35.1 Å². The first kappa shape index (κ1) is 29.5. The van der Waals surface area contributed by atoms with E-state index in [1.165, 1.54) is 5.19 Å². The third kappa shape index (κ3) is 4.89. The van der Waals surface area contributed by atoms with Crippen molar-refractivity contribution in [2.45, 2.75) is 84.5 Å². The van der Waals surface area contributed by atoms with Crippen LogP contribution in [-0.2, 0) is 42.6 Å². The zero-order valence-electron chi connectivity index (χ0n) is 25.2. The van der Waals surface area contributed by atoms with Gasteiger partial charge in [-0.25, -0.2) is 14.6 Å². The fourth-order valence-corrected chi connectivity index (χ4v) is 8.13. The van der Waals surface area contributed by atoms with E-state index in [0.717, 1.165) is 22.5 Å². The fourth-order valence-electron chi connectivity index (χ4n) is 5.82. The van der Waals surface area contributed by atoms with Crippen molar-refractivity contribution in [3.63, 3.8) is 0 Å². The Morgan fingerprint density at radius 1 is 1.14 bits per heavy atom. The van der Waals surface area contributed by atoms with E-state index in [2.05, 4.69) is 31.4 Å². The van der Waals surface area contributed by atoms with Crippen LogP contribution < -0.4 is 16.1 Å². The molecule has 0 aliphatic carbocycles. The first-order valence-corrected chi connectivity index (χ1v) is 17.5. The molecule has 5 rings (SSSR count). The molecule has 222 valence electrons. The minimum atomic E-state index is -1.91. The van der Waals surface area contributed by atoms with Crippen molar-refractivity contribution in [1.82, 2.24) is 14.9 Å². The number of cyclic esters (lactones) is 1. The van der Waals surface area contributed by atoms with Gasteiger partial charge >= 0.3 is 18.0 Å². The third-order valence-corrected chi connectivity index (χ3v) is 11.9. The molecule has 42 heavy (non-hydrogen) atoms. The van der Waals surface area contributed by atoms with Crippen LogP contribution in [-0.4, -0.2) is 47.8 Å². The Balaban J connectivity index is 1.61. The van der Waals surface area contributed by atoms with Crippen LogP contribution in [0.5, 0.6) is 0 Å². The molecular formula is C31H37N3O7Si. The van der Waals surface area contributed by atoms with Gasteiger partial charge in [0.05, 0.1) is 37.1 Å². The van der Waals surface area contributed by atoms with Gasteiger partial charge in [-0.2, -0.15) is 0 Å². The normalized spacial score (nSPS) is 17.6. The summed E-state index contributed by atoms with van der Waals surface area (Å²) in [6, 6.07) is 10.8. The molecule has 2 aromatic heterocycles. The average molecular weight is 592 g/mol. The van der Waals surface area contributed by atoms with E-state index in [1.54, 1.807) is 38.3 Å². The van der Waals surface area contributed by atoms with Gasteiger partial charge in [-0.05, 0) is 55.5 Å². The van der Waals surface area contributed by atoms with Gasteiger partial charge < -0.3 is 24.1 Å². The summed E-state index contributed by atoms with van der Waals surface area (Å²) in [6.07, 6.45) is -0.768. The second kappa shape index (κ2) is 10.4. The van der Waals surface area contributed by atoms with Crippen molar-refractivity contribution in [2.75, 3.05) is 6.54 Å². The number of ether oxygens (including phenoxy) is 3. The smallest absolute Gasteiger partial charge is 0.408 e. The minimum Gasteiger partial charge on any atom is -0.457 e. The van der Waals surface area contributed by atoms with Crippen LogP contribution in [0.2, 0.25) is 19.1 Å². The number of hydrogen-bond donors (Lipinski definition) is 1. The summed E-state index contributed by atoms with van der Waals surface area (Å²) in [7, 11) is -1.91. The number of benzene rings is 1. The van der Waals surface area contributed by atoms with Gasteiger partial charge in [0, 0.05) is 5.56 Å². The molecule has 1 atom stereocenters. The number of esters is 2. The van der Waals surface area contributed by atoms with Crippen LogP contribution in [0, 0.1) is 0 Å². The number of pyridine rings is 2. The van der Waals surface area contributed by atoms with Crippen molar-refractivity contribution >= 4 is 42.2 Å². The van der Waals surface area contributed by atoms with E-state index in [0.29, 0.717) is 23.5 Å². The topological polar surface area (TPSA) is 126 Å². The highest BCUT2D eigenvalue weighted by molar-refractivity contribution is 6.91. The number of nitrogens with one attached hydrogen (secondary N) is 1. The zero-order chi connectivity index (χ0) is 30.6. The van der Waals surface area contributed by atoms with Crippen LogP contribution in [0.4, 0.5) is 4.79 Å². The van der Waals surface area contributed by atoms with E-state index in [-0.39, 0.29) is 24.2 Å². The van der Waals surface area contributed by atoms with Gasteiger partial charge in [0.15, 0.2) is 0 Å². The minimum absolute atomic E-state index is 0.0267. The predicted molar refractivity (Wildman–Crippen MR) is 160 cm³/mol. The summed E-state index contributed by atoms with van der Waals surface area (Å²) in [5.74, 6) is -1.63. The number of amides is 1. The van der Waals surface area contributed by atoms with Crippen LogP contribution >= 0.6 is 0 Å². The Morgan fingerprint density at radius 2 is 1.86 bits per heavy atom. The van der Waals surface area contributed by atoms with Gasteiger partial charge in [0.25, 0.3) is 5.56 Å². The van der Waals surface area contributed by atoms with E-state index in [9.17, 15) is 19.2 Å². The third-order valence-electron chi connectivity index (χ3n) is 8.19. The van der Waals surface area contributed by atoms with Gasteiger partial charge in [0.1, 0.15) is 18.8 Å². The molecule has 0 saturated carbocycles. The highest BCUT2D eigenvalue weighted by Crippen LogP contribution is 2.41. The van der Waals surface area contributed by atoms with Gasteiger partial charge in [-0.1, -0.05) is 51.2 Å². The number of carbonyl (C=O) groups excluding carboxylic acids is 3. The molecule has 0 spiro atoms. The number of aromatic nitrogens is 2. The van der Waals surface area contributed by atoms with Crippen molar-refractivity contribution in [3.05, 3.63) is 57.4 Å². The monoisotopic (exact) mass is 591 g/mol. The molecule has 1 aromatic carbocycles. The number of rotatable bonds is 6. The maximum Gasteiger partial charge on any atom is 0.408 e. The van der Waals surface area contributed by atoms with Crippen LogP contribution in [0.3, 0.4) is 0 Å². The molecule has 0 radical (unpaired) electrons. The standard InChI is InChI=1S/C31H37N3O7Si/c1-8-31(40-24(35)15-32-29(38)41-30(3,4)5)21-14-23-25-19(16-34(23)27(36)20(21)17-39-28(31)37)26(42(6,7)9-2)18-12-10-11-13-22(18)33-25/h10-14H,8-9,15-17H2,1-7H3,(H,32,38)/t31-/m0/s1. The van der Waals surface area contributed by atoms with Crippen molar-refractivity contribution in [1.29, 1.82) is 0 Å². The Bertz CT molecular complexity index is 1690. The average Bonchev–Trinajstić information content (AvgIpc) is 3.29. The quantitative estimate of drug-likeness (QED) is 0.202. The Kier molecular flexibility index (Phi) is 7.29. The maximum absolute atomic E-state index is 14.0. The molecule has 0 fully saturated rings. The lowest BCUT2D eigenvalue weighted by Gasteiger charge is -2.35. The number of hydrogen-bond acceptors (Lipinski definition) is 8. The highest BCUT2D eigenvalue weighted by Gasteiger charge is 2.50. The zero-order valence-corrected chi connectivity index (χ0v) is 26.2. The molecule has 0 saturated heterocycles. The lowest BCUT2D eigenvalue weighted by Crippen LogP contribution is -2.49. The summed E-state index contributed by atoms with van der Waals surface area (Å²) in [4.78, 5) is 57.3. The second-order valence-electron chi connectivity index (χ2n) is 12.5. The Hall–Kier alpha value is -3.99. The predicted octanol–water partition coefficient (Wildman–Crippen LogP) is 4.09. The Morgan fingerprint density at radius 3 is 2.52 bits per heavy atom. The molecule has 0 unspecified atom stereocenters. The van der Waals surface area contributed by atoms with Crippen molar-refractivity contribution < 1.29 is 28.6 Å². The molecule has 2 aliphatic heterocycles. The largest absolute Gasteiger partial charge is 0.457 e. The molecule has 1 amide bonds. The Labute approximate surface area is 245 Å². The first-order chi connectivity index (χ1) is 19.7. The number of nitrogens with zero attached hydrogens (tertiary/aromatic N) is 2. The number of carbonyl (C=O) groups is 3. The SMILES string of the molecule is CC[C@@]1(OC(=O)CNC(=O)OC(C)(C)C)C(=O)OCc2c1cc1n(c2=O)Cc2c-1nc1ccccc1c2[Si](C)(C)CC. The molecule has 2 aliphatic rings. The maximum atomic E-state index is 14.0. The summed E-state index contributed by atoms with van der Waals surface area (Å²) < 4.78 is 18.1.